The molecule has 0 unspecified atom stereocenters. The van der Waals surface area contributed by atoms with Crippen LogP contribution in [-0.2, 0) is 21.2 Å². The molecule has 0 aliphatic rings. The number of carbonyl (C=O) groups is 1. The normalized spacial score (nSPS) is 11.6. The molecule has 0 bridgehead atoms. The summed E-state index contributed by atoms with van der Waals surface area (Å²) in [5.41, 5.74) is 1.97. The van der Waals surface area contributed by atoms with Crippen molar-refractivity contribution in [3.8, 4) is 16.9 Å². The third kappa shape index (κ3) is 4.44. The van der Waals surface area contributed by atoms with Crippen LogP contribution in [-0.4, -0.2) is 30.6 Å². The number of aromatic nitrogens is 1. The van der Waals surface area contributed by atoms with Crippen LogP contribution in [0, 0.1) is 5.82 Å². The second-order valence-electron chi connectivity index (χ2n) is 7.39. The summed E-state index contributed by atoms with van der Waals surface area (Å²) >= 11 is 6.10. The van der Waals surface area contributed by atoms with E-state index in [1.165, 1.54) is 37.6 Å². The molecular weight excluding hydrogens is 469 g/mol. The van der Waals surface area contributed by atoms with Gasteiger partial charge in [0.25, 0.3) is 10.0 Å². The van der Waals surface area contributed by atoms with Crippen LogP contribution in [0.15, 0.2) is 71.8 Å². The number of rotatable bonds is 7. The van der Waals surface area contributed by atoms with Crippen molar-refractivity contribution < 1.29 is 27.4 Å². The predicted molar refractivity (Wildman–Crippen MR) is 124 cm³/mol. The van der Waals surface area contributed by atoms with Crippen LogP contribution < -0.4 is 4.74 Å². The third-order valence-electron chi connectivity index (χ3n) is 5.30. The first-order valence-corrected chi connectivity index (χ1v) is 11.7. The van der Waals surface area contributed by atoms with Gasteiger partial charge in [0.2, 0.25) is 0 Å². The number of aliphatic carboxylic acids is 1. The summed E-state index contributed by atoms with van der Waals surface area (Å²) in [5, 5.41) is 10.0. The van der Waals surface area contributed by atoms with Gasteiger partial charge in [-0.25, -0.2) is 16.8 Å². The van der Waals surface area contributed by atoms with Crippen molar-refractivity contribution in [3.05, 3.63) is 83.3 Å². The molecule has 6 nitrogen and oxygen atoms in total. The second-order valence-corrected chi connectivity index (χ2v) is 9.64. The second kappa shape index (κ2) is 8.88. The van der Waals surface area contributed by atoms with Gasteiger partial charge in [0.05, 0.1) is 17.5 Å². The van der Waals surface area contributed by atoms with E-state index < -0.39 is 21.8 Å². The van der Waals surface area contributed by atoms with E-state index >= 15 is 0 Å². The highest BCUT2D eigenvalue weighted by Gasteiger charge is 2.22. The summed E-state index contributed by atoms with van der Waals surface area (Å²) in [6.45, 7) is 0. The Bertz CT molecular complexity index is 1480. The van der Waals surface area contributed by atoms with Crippen molar-refractivity contribution in [2.75, 3.05) is 7.11 Å². The fourth-order valence-corrected chi connectivity index (χ4v) is 5.28. The van der Waals surface area contributed by atoms with Crippen LogP contribution in [0.4, 0.5) is 4.39 Å². The molecule has 0 radical (unpaired) electrons. The molecule has 4 rings (SSSR count). The Morgan fingerprint density at radius 2 is 1.85 bits per heavy atom. The molecule has 0 amide bonds. The molecule has 0 fully saturated rings. The van der Waals surface area contributed by atoms with E-state index in [1.54, 1.807) is 36.4 Å². The van der Waals surface area contributed by atoms with Crippen molar-refractivity contribution in [1.29, 1.82) is 0 Å². The van der Waals surface area contributed by atoms with Crippen LogP contribution in [0.2, 0.25) is 5.02 Å². The lowest BCUT2D eigenvalue weighted by Gasteiger charge is -2.10. The number of hydrogen-bond acceptors (Lipinski definition) is 4. The molecule has 0 aliphatic heterocycles. The molecule has 0 atom stereocenters. The van der Waals surface area contributed by atoms with Gasteiger partial charge in [-0.05, 0) is 65.6 Å². The highest BCUT2D eigenvalue weighted by Crippen LogP contribution is 2.31. The predicted octanol–water partition coefficient (Wildman–Crippen LogP) is 5.36. The maximum Gasteiger partial charge on any atom is 0.303 e. The summed E-state index contributed by atoms with van der Waals surface area (Å²) in [7, 11) is -2.68. The standard InChI is InChI=1S/C24H19ClFNO5S/c1-32-23-9-5-16(12-21(23)26)15-3-2-4-19(11-15)33(30,31)27-14-17(6-10-24(28)29)20-13-18(25)7-8-22(20)27/h2-5,7-9,11-14H,6,10H2,1H3,(H,28,29). The van der Waals surface area contributed by atoms with Gasteiger partial charge in [0, 0.05) is 23.0 Å². The maximum absolute atomic E-state index is 14.2. The van der Waals surface area contributed by atoms with Gasteiger partial charge < -0.3 is 9.84 Å². The number of methoxy groups -OCH3 is 1. The molecule has 4 aromatic rings. The largest absolute Gasteiger partial charge is 0.494 e. The first kappa shape index (κ1) is 22.8. The fourth-order valence-electron chi connectivity index (χ4n) is 3.67. The molecule has 0 saturated heterocycles. The average molecular weight is 488 g/mol. The molecule has 33 heavy (non-hydrogen) atoms. The molecule has 9 heteroatoms. The summed E-state index contributed by atoms with van der Waals surface area (Å²) in [5.74, 6) is -1.45. The minimum atomic E-state index is -4.04. The van der Waals surface area contributed by atoms with E-state index in [0.717, 1.165) is 3.97 Å². The topological polar surface area (TPSA) is 85.6 Å². The van der Waals surface area contributed by atoms with Crippen molar-refractivity contribution in [2.24, 2.45) is 0 Å². The third-order valence-corrected chi connectivity index (χ3v) is 7.20. The monoisotopic (exact) mass is 487 g/mol. The highest BCUT2D eigenvalue weighted by molar-refractivity contribution is 7.90. The number of fused-ring (bicyclic) bond motifs is 1. The van der Waals surface area contributed by atoms with Gasteiger partial charge in [-0.15, -0.1) is 0 Å². The average Bonchev–Trinajstić information content (AvgIpc) is 3.16. The van der Waals surface area contributed by atoms with Crippen LogP contribution in [0.5, 0.6) is 5.75 Å². The van der Waals surface area contributed by atoms with Crippen molar-refractivity contribution >= 4 is 38.5 Å². The fraction of sp³-hybridized carbons (Fsp3) is 0.125. The quantitative estimate of drug-likeness (QED) is 0.379. The molecule has 1 N–H and O–H groups in total. The lowest BCUT2D eigenvalue weighted by Crippen LogP contribution is -2.12. The zero-order valence-corrected chi connectivity index (χ0v) is 19.0. The van der Waals surface area contributed by atoms with Crippen molar-refractivity contribution in [1.82, 2.24) is 3.97 Å². The number of aryl methyl sites for hydroxylation is 1. The van der Waals surface area contributed by atoms with Crippen molar-refractivity contribution in [3.63, 3.8) is 0 Å². The Hall–Kier alpha value is -3.36. The van der Waals surface area contributed by atoms with Gasteiger partial charge in [-0.3, -0.25) is 4.79 Å². The molecule has 1 aromatic heterocycles. The Morgan fingerprint density at radius 3 is 2.55 bits per heavy atom. The number of halogens is 2. The van der Waals surface area contributed by atoms with E-state index in [-0.39, 0.29) is 23.5 Å². The zero-order valence-electron chi connectivity index (χ0n) is 17.5. The number of nitrogens with zero attached hydrogens (tertiary/aromatic N) is 1. The summed E-state index contributed by atoms with van der Waals surface area (Å²) < 4.78 is 47.4. The van der Waals surface area contributed by atoms with Gasteiger partial charge >= 0.3 is 5.97 Å². The Kier molecular flexibility index (Phi) is 6.14. The maximum atomic E-state index is 14.2. The van der Waals surface area contributed by atoms with Crippen LogP contribution in [0.1, 0.15) is 12.0 Å². The van der Waals surface area contributed by atoms with E-state index in [1.807, 2.05) is 0 Å². The number of carboxylic acids is 1. The number of benzene rings is 3. The van der Waals surface area contributed by atoms with E-state index in [9.17, 15) is 17.6 Å². The van der Waals surface area contributed by atoms with Gasteiger partial charge in [-0.2, -0.15) is 0 Å². The molecule has 0 spiro atoms. The molecular formula is C24H19ClFNO5S. The summed E-state index contributed by atoms with van der Waals surface area (Å²) in [6.07, 6.45) is 1.43. The van der Waals surface area contributed by atoms with Gasteiger partial charge in [0.1, 0.15) is 0 Å². The lowest BCUT2D eigenvalue weighted by atomic mass is 10.1. The Balaban J connectivity index is 1.81. The smallest absolute Gasteiger partial charge is 0.303 e. The van der Waals surface area contributed by atoms with Gasteiger partial charge in [-0.1, -0.05) is 29.8 Å². The number of carboxylic acid groups (broad SMARTS) is 1. The first-order valence-electron chi connectivity index (χ1n) is 9.91. The minimum absolute atomic E-state index is 0.00728. The molecule has 3 aromatic carbocycles. The molecule has 0 aliphatic carbocycles. The number of hydrogen-bond donors (Lipinski definition) is 1. The summed E-state index contributed by atoms with van der Waals surface area (Å²) in [4.78, 5) is 11.1. The van der Waals surface area contributed by atoms with E-state index in [0.29, 0.717) is 32.6 Å². The molecule has 0 saturated carbocycles. The Labute approximate surface area is 194 Å². The van der Waals surface area contributed by atoms with E-state index in [2.05, 4.69) is 0 Å². The van der Waals surface area contributed by atoms with E-state index in [4.69, 9.17) is 21.4 Å². The summed E-state index contributed by atoms with van der Waals surface area (Å²) in [6, 6.07) is 15.4. The van der Waals surface area contributed by atoms with Gasteiger partial charge in [0.15, 0.2) is 11.6 Å². The SMILES string of the molecule is COc1ccc(-c2cccc(S(=O)(=O)n3cc(CCC(=O)O)c4cc(Cl)ccc43)c2)cc1F. The van der Waals surface area contributed by atoms with Crippen LogP contribution in [0.3, 0.4) is 0 Å². The Morgan fingerprint density at radius 1 is 1.09 bits per heavy atom. The van der Waals surface area contributed by atoms with Crippen LogP contribution in [0.25, 0.3) is 22.0 Å². The van der Waals surface area contributed by atoms with Crippen molar-refractivity contribution in [2.45, 2.75) is 17.7 Å². The lowest BCUT2D eigenvalue weighted by molar-refractivity contribution is -0.136. The number of ether oxygens (including phenoxy) is 1. The highest BCUT2D eigenvalue weighted by atomic mass is 35.5. The first-order chi connectivity index (χ1) is 15.7. The van der Waals surface area contributed by atoms with Crippen LogP contribution >= 0.6 is 11.6 Å². The molecule has 1 heterocycles. The zero-order chi connectivity index (χ0) is 23.8. The molecule has 170 valence electrons. The minimum Gasteiger partial charge on any atom is -0.494 e.